The number of aromatic nitrogens is 6. The number of benzene rings is 2. The normalized spacial score (nSPS) is 12.4. The topological polar surface area (TPSA) is 125 Å². The fourth-order valence-electron chi connectivity index (χ4n) is 5.02. The molecule has 1 amide bonds. The highest BCUT2D eigenvalue weighted by atomic mass is 16.2. The second kappa shape index (κ2) is 10.2. The molecule has 10 nitrogen and oxygen atoms in total. The van der Waals surface area contributed by atoms with E-state index in [0.29, 0.717) is 22.4 Å². The number of imidazole rings is 1. The predicted molar refractivity (Wildman–Crippen MR) is 160 cm³/mol. The molecule has 6 aromatic rings. The molecule has 0 unspecified atom stereocenters. The number of fused-ring (bicyclic) bond motifs is 2. The SMILES string of the molecule is Cc1ncc(/C=C/c2cccc3cc([C@H](C)NC(=O)c4c(N)nn5cccnc45)n(-c4ccccc4)c(=O)c23)n1C. The van der Waals surface area contributed by atoms with Gasteiger partial charge in [-0.15, -0.1) is 5.10 Å². The van der Waals surface area contributed by atoms with E-state index in [2.05, 4.69) is 20.4 Å². The highest BCUT2D eigenvalue weighted by Gasteiger charge is 2.23. The van der Waals surface area contributed by atoms with E-state index in [-0.39, 0.29) is 16.9 Å². The summed E-state index contributed by atoms with van der Waals surface area (Å²) in [5.41, 5.74) is 9.45. The van der Waals surface area contributed by atoms with Crippen LogP contribution in [-0.2, 0) is 7.05 Å². The molecule has 10 heteroatoms. The number of nitrogens with zero attached hydrogens (tertiary/aromatic N) is 6. The average molecular weight is 545 g/mol. The van der Waals surface area contributed by atoms with Crippen LogP contribution in [0.2, 0.25) is 0 Å². The van der Waals surface area contributed by atoms with Crippen LogP contribution >= 0.6 is 0 Å². The summed E-state index contributed by atoms with van der Waals surface area (Å²) in [5, 5.41) is 8.54. The van der Waals surface area contributed by atoms with E-state index in [0.717, 1.165) is 22.5 Å². The second-order valence-electron chi connectivity index (χ2n) is 9.82. The Morgan fingerprint density at radius 3 is 2.61 bits per heavy atom. The summed E-state index contributed by atoms with van der Waals surface area (Å²) < 4.78 is 5.10. The molecule has 41 heavy (non-hydrogen) atoms. The van der Waals surface area contributed by atoms with Gasteiger partial charge in [-0.25, -0.2) is 14.5 Å². The third kappa shape index (κ3) is 4.55. The number of amides is 1. The van der Waals surface area contributed by atoms with Crippen LogP contribution in [0.3, 0.4) is 0 Å². The van der Waals surface area contributed by atoms with Crippen LogP contribution in [0.15, 0.2) is 84.0 Å². The summed E-state index contributed by atoms with van der Waals surface area (Å²) in [6.07, 6.45) is 8.94. The van der Waals surface area contributed by atoms with Gasteiger partial charge in [0.2, 0.25) is 0 Å². The molecule has 4 heterocycles. The van der Waals surface area contributed by atoms with Gasteiger partial charge in [0.1, 0.15) is 11.4 Å². The van der Waals surface area contributed by atoms with Crippen molar-refractivity contribution < 1.29 is 4.79 Å². The first-order valence-electron chi connectivity index (χ1n) is 13.1. The molecule has 0 aliphatic rings. The molecule has 0 saturated heterocycles. The predicted octanol–water partition coefficient (Wildman–Crippen LogP) is 4.32. The Balaban J connectivity index is 1.47. The molecule has 0 bridgehead atoms. The van der Waals surface area contributed by atoms with E-state index in [4.69, 9.17) is 5.73 Å². The maximum atomic E-state index is 14.3. The number of anilines is 1. The fourth-order valence-corrected chi connectivity index (χ4v) is 5.02. The Labute approximate surface area is 235 Å². The van der Waals surface area contributed by atoms with Crippen molar-refractivity contribution in [1.29, 1.82) is 0 Å². The van der Waals surface area contributed by atoms with Gasteiger partial charge in [-0.2, -0.15) is 0 Å². The Hall–Kier alpha value is -5.51. The Morgan fingerprint density at radius 1 is 1.05 bits per heavy atom. The second-order valence-corrected chi connectivity index (χ2v) is 9.82. The number of pyridine rings is 1. The molecule has 6 rings (SSSR count). The number of para-hydroxylation sites is 1. The molecule has 0 saturated carbocycles. The molecular weight excluding hydrogens is 516 g/mol. The van der Waals surface area contributed by atoms with Crippen molar-refractivity contribution in [3.8, 4) is 5.69 Å². The first-order chi connectivity index (χ1) is 19.8. The molecule has 3 N–H and O–H groups in total. The highest BCUT2D eigenvalue weighted by molar-refractivity contribution is 6.04. The zero-order chi connectivity index (χ0) is 28.7. The van der Waals surface area contributed by atoms with E-state index < -0.39 is 11.9 Å². The Bertz CT molecular complexity index is 2020. The minimum absolute atomic E-state index is 0.0763. The molecule has 1 atom stereocenters. The summed E-state index contributed by atoms with van der Waals surface area (Å²) in [6.45, 7) is 3.78. The van der Waals surface area contributed by atoms with Gasteiger partial charge < -0.3 is 15.6 Å². The quantitative estimate of drug-likeness (QED) is 0.322. The van der Waals surface area contributed by atoms with Gasteiger partial charge in [0.05, 0.1) is 23.3 Å². The van der Waals surface area contributed by atoms with Crippen molar-refractivity contribution in [3.63, 3.8) is 0 Å². The number of nitrogens with two attached hydrogens (primary N) is 1. The zero-order valence-corrected chi connectivity index (χ0v) is 22.8. The number of hydrogen-bond acceptors (Lipinski definition) is 6. The number of carbonyl (C=O) groups is 1. The zero-order valence-electron chi connectivity index (χ0n) is 22.8. The fraction of sp³-hybridized carbons (Fsp3) is 0.129. The molecular formula is C31H28N8O2. The lowest BCUT2D eigenvalue weighted by atomic mass is 10.0. The lowest BCUT2D eigenvalue weighted by Gasteiger charge is -2.21. The van der Waals surface area contributed by atoms with Crippen LogP contribution in [0.1, 0.15) is 46.1 Å². The van der Waals surface area contributed by atoms with E-state index >= 15 is 0 Å². The molecule has 0 aliphatic carbocycles. The number of hydrogen-bond donors (Lipinski definition) is 2. The Kier molecular flexibility index (Phi) is 6.43. The maximum Gasteiger partial charge on any atom is 0.263 e. The summed E-state index contributed by atoms with van der Waals surface area (Å²) in [4.78, 5) is 36.3. The van der Waals surface area contributed by atoms with Gasteiger partial charge in [-0.05, 0) is 55.1 Å². The van der Waals surface area contributed by atoms with Gasteiger partial charge in [-0.3, -0.25) is 14.2 Å². The van der Waals surface area contributed by atoms with Crippen molar-refractivity contribution in [3.05, 3.63) is 118 Å². The molecule has 0 fully saturated rings. The number of rotatable bonds is 6. The van der Waals surface area contributed by atoms with Gasteiger partial charge in [-0.1, -0.05) is 42.5 Å². The molecule has 0 spiro atoms. The van der Waals surface area contributed by atoms with Crippen molar-refractivity contribution >= 4 is 40.3 Å². The maximum absolute atomic E-state index is 14.3. The minimum atomic E-state index is -0.561. The molecule has 4 aromatic heterocycles. The van der Waals surface area contributed by atoms with Gasteiger partial charge >= 0.3 is 0 Å². The standard InChI is InChI=1S/C31H28N8O2/c1-19(35-30(40)27-28(32)36-38-16-8-15-33-29(27)38)25-17-22-10-7-9-21(13-14-24-18-34-20(2)37(24)3)26(22)31(41)39(25)23-11-5-4-6-12-23/h4-19H,1-3H3,(H2,32,36)(H,35,40)/b14-13+/t19-/m0/s1. The largest absolute Gasteiger partial charge is 0.381 e. The van der Waals surface area contributed by atoms with Gasteiger partial charge in [0.25, 0.3) is 11.5 Å². The molecule has 204 valence electrons. The van der Waals surface area contributed by atoms with Crippen molar-refractivity contribution in [2.24, 2.45) is 7.05 Å². The van der Waals surface area contributed by atoms with Gasteiger partial charge in [0, 0.05) is 30.8 Å². The third-order valence-electron chi connectivity index (χ3n) is 7.25. The lowest BCUT2D eigenvalue weighted by molar-refractivity contribution is 0.0941. The average Bonchev–Trinajstić information content (AvgIpc) is 3.49. The Morgan fingerprint density at radius 2 is 1.85 bits per heavy atom. The highest BCUT2D eigenvalue weighted by Crippen LogP contribution is 2.25. The van der Waals surface area contributed by atoms with Crippen LogP contribution in [0.5, 0.6) is 0 Å². The van der Waals surface area contributed by atoms with E-state index in [1.54, 1.807) is 29.2 Å². The molecule has 0 aliphatic heterocycles. The van der Waals surface area contributed by atoms with Gasteiger partial charge in [0.15, 0.2) is 11.5 Å². The number of carbonyl (C=O) groups excluding carboxylic acids is 1. The van der Waals surface area contributed by atoms with Crippen LogP contribution in [-0.4, -0.2) is 34.6 Å². The summed E-state index contributed by atoms with van der Waals surface area (Å²) in [7, 11) is 1.95. The van der Waals surface area contributed by atoms with E-state index in [1.165, 1.54) is 4.52 Å². The van der Waals surface area contributed by atoms with Crippen molar-refractivity contribution in [2.45, 2.75) is 19.9 Å². The lowest BCUT2D eigenvalue weighted by Crippen LogP contribution is -2.32. The number of aryl methyl sites for hydroxylation is 1. The summed E-state index contributed by atoms with van der Waals surface area (Å²) in [6, 6.07) is 18.2. The van der Waals surface area contributed by atoms with Crippen molar-refractivity contribution in [1.82, 2.24) is 34.0 Å². The minimum Gasteiger partial charge on any atom is -0.381 e. The number of nitrogens with one attached hydrogen (secondary N) is 1. The van der Waals surface area contributed by atoms with Crippen LogP contribution < -0.4 is 16.6 Å². The van der Waals surface area contributed by atoms with Crippen LogP contribution in [0.25, 0.3) is 34.3 Å². The monoisotopic (exact) mass is 544 g/mol. The van der Waals surface area contributed by atoms with Crippen LogP contribution in [0, 0.1) is 6.92 Å². The summed E-state index contributed by atoms with van der Waals surface area (Å²) >= 11 is 0. The summed E-state index contributed by atoms with van der Waals surface area (Å²) in [5.74, 6) is 0.544. The van der Waals surface area contributed by atoms with Crippen molar-refractivity contribution in [2.75, 3.05) is 5.73 Å². The van der Waals surface area contributed by atoms with Crippen LogP contribution in [0.4, 0.5) is 5.82 Å². The van der Waals surface area contributed by atoms with E-state index in [9.17, 15) is 9.59 Å². The third-order valence-corrected chi connectivity index (χ3v) is 7.25. The number of nitrogen functional groups attached to an aromatic ring is 1. The smallest absolute Gasteiger partial charge is 0.263 e. The molecule has 0 radical (unpaired) electrons. The first kappa shape index (κ1) is 25.8. The first-order valence-corrected chi connectivity index (χ1v) is 13.1. The van der Waals surface area contributed by atoms with E-state index in [1.807, 2.05) is 92.2 Å². The molecule has 2 aromatic carbocycles.